The normalized spacial score (nSPS) is 10.0. The highest BCUT2D eigenvalue weighted by atomic mass is 35.5. The monoisotopic (exact) mass is 199 g/mol. The van der Waals surface area contributed by atoms with Crippen LogP contribution in [0, 0.1) is 0 Å². The second-order valence-electron chi connectivity index (χ2n) is 2.73. The van der Waals surface area contributed by atoms with Gasteiger partial charge in [0.2, 0.25) is 0 Å². The van der Waals surface area contributed by atoms with Crippen LogP contribution in [0.5, 0.6) is 0 Å². The first-order valence-corrected chi connectivity index (χ1v) is 4.41. The molecular formula is C9H10ClNO2. The highest BCUT2D eigenvalue weighted by Crippen LogP contribution is 2.12. The molecule has 0 saturated carbocycles. The second kappa shape index (κ2) is 4.23. The molecule has 0 amide bonds. The van der Waals surface area contributed by atoms with Crippen LogP contribution in [0.1, 0.15) is 29.4 Å². The number of aromatic carboxylic acids is 1. The molecule has 0 fully saturated rings. The number of hydrogen-bond donors (Lipinski definition) is 1. The molecular weight excluding hydrogens is 190 g/mol. The summed E-state index contributed by atoms with van der Waals surface area (Å²) in [5, 5.41) is 8.95. The van der Waals surface area contributed by atoms with Gasteiger partial charge in [-0.15, -0.1) is 0 Å². The van der Waals surface area contributed by atoms with E-state index in [2.05, 4.69) is 4.98 Å². The Kier molecular flexibility index (Phi) is 3.25. The van der Waals surface area contributed by atoms with Crippen LogP contribution < -0.4 is 0 Å². The summed E-state index contributed by atoms with van der Waals surface area (Å²) in [4.78, 5) is 14.6. The number of halogens is 1. The number of hydrogen-bond acceptors (Lipinski definition) is 2. The average Bonchev–Trinajstić information content (AvgIpc) is 2.03. The quantitative estimate of drug-likeness (QED) is 0.761. The first kappa shape index (κ1) is 9.99. The molecule has 0 saturated heterocycles. The Balaban J connectivity index is 3.03. The molecule has 0 spiro atoms. The van der Waals surface area contributed by atoms with E-state index in [1.165, 1.54) is 6.07 Å². The van der Waals surface area contributed by atoms with Gasteiger partial charge in [0.05, 0.1) is 5.56 Å². The van der Waals surface area contributed by atoms with Crippen LogP contribution in [0.4, 0.5) is 0 Å². The summed E-state index contributed by atoms with van der Waals surface area (Å²) >= 11 is 5.66. The molecule has 1 aromatic rings. The highest BCUT2D eigenvalue weighted by Gasteiger charge is 2.06. The lowest BCUT2D eigenvalue weighted by Gasteiger charge is -2.00. The molecule has 3 nitrogen and oxygen atoms in total. The number of rotatable bonds is 3. The molecule has 0 aliphatic rings. The van der Waals surface area contributed by atoms with Crippen LogP contribution in [0.2, 0.25) is 5.15 Å². The van der Waals surface area contributed by atoms with Crippen molar-refractivity contribution in [1.82, 2.24) is 4.98 Å². The Labute approximate surface area is 81.4 Å². The maximum Gasteiger partial charge on any atom is 0.335 e. The van der Waals surface area contributed by atoms with Crippen molar-refractivity contribution in [2.45, 2.75) is 19.8 Å². The van der Waals surface area contributed by atoms with E-state index in [0.29, 0.717) is 0 Å². The van der Waals surface area contributed by atoms with Crippen molar-refractivity contribution in [3.8, 4) is 0 Å². The molecule has 0 bridgehead atoms. The Bertz CT molecular complexity index is 325. The maximum atomic E-state index is 10.6. The van der Waals surface area contributed by atoms with Crippen molar-refractivity contribution in [1.29, 1.82) is 0 Å². The fraction of sp³-hybridized carbons (Fsp3) is 0.333. The largest absolute Gasteiger partial charge is 0.478 e. The summed E-state index contributed by atoms with van der Waals surface area (Å²) in [6, 6.07) is 2.90. The zero-order chi connectivity index (χ0) is 9.84. The van der Waals surface area contributed by atoms with Gasteiger partial charge in [-0.05, 0) is 18.6 Å². The maximum absolute atomic E-state index is 10.6. The molecule has 70 valence electrons. The van der Waals surface area contributed by atoms with Gasteiger partial charge in [-0.1, -0.05) is 24.9 Å². The SMILES string of the molecule is CCCc1cc(C(=O)O)cc(Cl)n1. The van der Waals surface area contributed by atoms with E-state index in [-0.39, 0.29) is 10.7 Å². The van der Waals surface area contributed by atoms with Gasteiger partial charge in [0.1, 0.15) is 5.15 Å². The zero-order valence-electron chi connectivity index (χ0n) is 7.25. The summed E-state index contributed by atoms with van der Waals surface area (Å²) in [5.74, 6) is -0.971. The van der Waals surface area contributed by atoms with Crippen LogP contribution in [0.15, 0.2) is 12.1 Å². The van der Waals surface area contributed by atoms with E-state index in [4.69, 9.17) is 16.7 Å². The van der Waals surface area contributed by atoms with Crippen molar-refractivity contribution in [2.24, 2.45) is 0 Å². The van der Waals surface area contributed by atoms with Crippen molar-refractivity contribution < 1.29 is 9.90 Å². The molecule has 1 N–H and O–H groups in total. The Hall–Kier alpha value is -1.09. The first-order chi connectivity index (χ1) is 6.13. The number of carbonyl (C=O) groups is 1. The van der Waals surface area contributed by atoms with E-state index in [1.54, 1.807) is 6.07 Å². The van der Waals surface area contributed by atoms with Gasteiger partial charge in [-0.3, -0.25) is 0 Å². The smallest absolute Gasteiger partial charge is 0.335 e. The van der Waals surface area contributed by atoms with Gasteiger partial charge in [-0.2, -0.15) is 0 Å². The van der Waals surface area contributed by atoms with Crippen LogP contribution in [0.25, 0.3) is 0 Å². The summed E-state index contributed by atoms with van der Waals surface area (Å²) in [5.41, 5.74) is 0.927. The summed E-state index contributed by atoms with van der Waals surface area (Å²) < 4.78 is 0. The molecule has 0 aromatic carbocycles. The predicted octanol–water partition coefficient (Wildman–Crippen LogP) is 2.39. The number of pyridine rings is 1. The summed E-state index contributed by atoms with van der Waals surface area (Å²) in [6.45, 7) is 2.00. The molecule has 0 unspecified atom stereocenters. The molecule has 1 heterocycles. The Morgan fingerprint density at radius 3 is 2.85 bits per heavy atom. The third kappa shape index (κ3) is 2.70. The minimum atomic E-state index is -0.971. The lowest BCUT2D eigenvalue weighted by atomic mass is 10.2. The summed E-state index contributed by atoms with van der Waals surface area (Å²) in [7, 11) is 0. The van der Waals surface area contributed by atoms with E-state index >= 15 is 0 Å². The molecule has 1 aromatic heterocycles. The molecule has 13 heavy (non-hydrogen) atoms. The molecule has 0 aliphatic heterocycles. The fourth-order valence-electron chi connectivity index (χ4n) is 1.06. The van der Waals surface area contributed by atoms with Gasteiger partial charge >= 0.3 is 5.97 Å². The number of aromatic nitrogens is 1. The number of aryl methyl sites for hydroxylation is 1. The topological polar surface area (TPSA) is 50.2 Å². The van der Waals surface area contributed by atoms with E-state index in [9.17, 15) is 4.79 Å². The molecule has 1 rings (SSSR count). The van der Waals surface area contributed by atoms with Gasteiger partial charge in [-0.25, -0.2) is 9.78 Å². The van der Waals surface area contributed by atoms with Crippen LogP contribution in [-0.2, 0) is 6.42 Å². The van der Waals surface area contributed by atoms with Crippen LogP contribution in [-0.4, -0.2) is 16.1 Å². The first-order valence-electron chi connectivity index (χ1n) is 4.03. The number of carboxylic acids is 1. The Morgan fingerprint density at radius 1 is 1.62 bits per heavy atom. The van der Waals surface area contributed by atoms with Crippen molar-refractivity contribution in [3.05, 3.63) is 28.5 Å². The van der Waals surface area contributed by atoms with Crippen LogP contribution in [0.3, 0.4) is 0 Å². The minimum Gasteiger partial charge on any atom is -0.478 e. The highest BCUT2D eigenvalue weighted by molar-refractivity contribution is 6.29. The lowest BCUT2D eigenvalue weighted by molar-refractivity contribution is 0.0696. The van der Waals surface area contributed by atoms with Gasteiger partial charge < -0.3 is 5.11 Å². The zero-order valence-corrected chi connectivity index (χ0v) is 8.01. The van der Waals surface area contributed by atoms with Gasteiger partial charge in [0, 0.05) is 5.69 Å². The standard InChI is InChI=1S/C9H10ClNO2/c1-2-3-7-4-6(9(12)13)5-8(10)11-7/h4-5H,2-3H2,1H3,(H,12,13). The third-order valence-electron chi connectivity index (χ3n) is 1.60. The number of carboxylic acid groups (broad SMARTS) is 1. The van der Waals surface area contributed by atoms with Crippen molar-refractivity contribution >= 4 is 17.6 Å². The lowest BCUT2D eigenvalue weighted by Crippen LogP contribution is -2.00. The minimum absolute atomic E-state index is 0.198. The second-order valence-corrected chi connectivity index (χ2v) is 3.11. The van der Waals surface area contributed by atoms with Crippen LogP contribution >= 0.6 is 11.6 Å². The number of nitrogens with zero attached hydrogens (tertiary/aromatic N) is 1. The van der Waals surface area contributed by atoms with E-state index in [0.717, 1.165) is 18.5 Å². The summed E-state index contributed by atoms with van der Waals surface area (Å²) in [6.07, 6.45) is 1.67. The predicted molar refractivity (Wildman–Crippen MR) is 50.2 cm³/mol. The molecule has 0 atom stereocenters. The molecule has 0 aliphatic carbocycles. The van der Waals surface area contributed by atoms with E-state index < -0.39 is 5.97 Å². The van der Waals surface area contributed by atoms with Crippen molar-refractivity contribution in [2.75, 3.05) is 0 Å². The average molecular weight is 200 g/mol. The van der Waals surface area contributed by atoms with Gasteiger partial charge in [0.25, 0.3) is 0 Å². The molecule has 4 heteroatoms. The van der Waals surface area contributed by atoms with E-state index in [1.807, 2.05) is 6.92 Å². The third-order valence-corrected chi connectivity index (χ3v) is 1.79. The van der Waals surface area contributed by atoms with Crippen molar-refractivity contribution in [3.63, 3.8) is 0 Å². The Morgan fingerprint density at radius 2 is 2.31 bits per heavy atom. The fourth-order valence-corrected chi connectivity index (χ4v) is 1.29. The molecule has 0 radical (unpaired) electrons. The van der Waals surface area contributed by atoms with Gasteiger partial charge in [0.15, 0.2) is 0 Å².